The third-order valence-corrected chi connectivity index (χ3v) is 4.92. The number of rotatable bonds is 4. The van der Waals surface area contributed by atoms with Crippen LogP contribution >= 0.6 is 22.9 Å². The number of nitrogens with zero attached hydrogens (tertiary/aromatic N) is 2. The summed E-state index contributed by atoms with van der Waals surface area (Å²) in [6.45, 7) is 0. The van der Waals surface area contributed by atoms with Gasteiger partial charge >= 0.3 is 0 Å². The van der Waals surface area contributed by atoms with Gasteiger partial charge in [-0.05, 0) is 35.9 Å². The molecule has 0 saturated carbocycles. The zero-order valence-electron chi connectivity index (χ0n) is 12.8. The van der Waals surface area contributed by atoms with Gasteiger partial charge in [-0.25, -0.2) is 4.39 Å². The maximum absolute atomic E-state index is 13.8. The summed E-state index contributed by atoms with van der Waals surface area (Å²) in [4.78, 5) is 17.0. The van der Waals surface area contributed by atoms with Crippen LogP contribution in [-0.2, 0) is 11.2 Å². The summed E-state index contributed by atoms with van der Waals surface area (Å²) in [5.74, 6) is -0.974. The molecular formula is C18H11ClFN3OS. The van der Waals surface area contributed by atoms with E-state index in [4.69, 9.17) is 11.6 Å². The van der Waals surface area contributed by atoms with E-state index < -0.39 is 11.7 Å². The molecule has 3 aromatic rings. The van der Waals surface area contributed by atoms with Crippen LogP contribution in [0, 0.1) is 17.1 Å². The number of hydrogen-bond donors (Lipinski definition) is 1. The minimum atomic E-state index is -0.535. The van der Waals surface area contributed by atoms with E-state index in [2.05, 4.69) is 16.4 Å². The molecular weight excluding hydrogens is 361 g/mol. The van der Waals surface area contributed by atoms with Crippen LogP contribution in [0.1, 0.15) is 11.1 Å². The first-order valence-electron chi connectivity index (χ1n) is 7.25. The molecule has 0 atom stereocenters. The topological polar surface area (TPSA) is 65.8 Å². The highest BCUT2D eigenvalue weighted by atomic mass is 35.5. The van der Waals surface area contributed by atoms with Crippen molar-refractivity contribution in [1.82, 2.24) is 4.98 Å². The molecule has 0 saturated heterocycles. The molecule has 0 bridgehead atoms. The van der Waals surface area contributed by atoms with E-state index in [0.29, 0.717) is 10.6 Å². The highest BCUT2D eigenvalue weighted by Crippen LogP contribution is 2.35. The number of carbonyl (C=O) groups excluding carboxylic acids is 1. The molecule has 1 amide bonds. The van der Waals surface area contributed by atoms with Crippen LogP contribution in [0.5, 0.6) is 0 Å². The van der Waals surface area contributed by atoms with Crippen LogP contribution in [0.4, 0.5) is 9.39 Å². The lowest BCUT2D eigenvalue weighted by Gasteiger charge is -2.06. The molecule has 2 heterocycles. The number of halogens is 2. The summed E-state index contributed by atoms with van der Waals surface area (Å²) in [6.07, 6.45) is 3.10. The zero-order valence-corrected chi connectivity index (χ0v) is 14.4. The molecule has 3 rings (SSSR count). The van der Waals surface area contributed by atoms with Gasteiger partial charge in [0.05, 0.1) is 12.0 Å². The standard InChI is InChI=1S/C18H11ClFN3OS/c19-14-2-1-3-15(20)13(14)9-17(24)23-18-12(10-21)8-16(25-18)11-4-6-22-7-5-11/h1-8H,9H2,(H,23,24). The van der Waals surface area contributed by atoms with Crippen molar-refractivity contribution >= 4 is 33.8 Å². The van der Waals surface area contributed by atoms with Crippen molar-refractivity contribution in [2.45, 2.75) is 6.42 Å². The minimum Gasteiger partial charge on any atom is -0.316 e. The van der Waals surface area contributed by atoms with Crippen LogP contribution in [-0.4, -0.2) is 10.9 Å². The molecule has 1 aromatic carbocycles. The van der Waals surface area contributed by atoms with Crippen molar-refractivity contribution in [3.8, 4) is 16.5 Å². The number of hydrogen-bond acceptors (Lipinski definition) is 4. The summed E-state index contributed by atoms with van der Waals surface area (Å²) in [5, 5.41) is 12.6. The second-order valence-electron chi connectivity index (χ2n) is 5.13. The van der Waals surface area contributed by atoms with Crippen LogP contribution in [0.2, 0.25) is 5.02 Å². The number of carbonyl (C=O) groups is 1. The summed E-state index contributed by atoms with van der Waals surface area (Å²) in [5.41, 5.74) is 1.38. The predicted octanol–water partition coefficient (Wildman–Crippen LogP) is 4.66. The summed E-state index contributed by atoms with van der Waals surface area (Å²) in [7, 11) is 0. The number of nitriles is 1. The summed E-state index contributed by atoms with van der Waals surface area (Å²) in [6, 6.07) is 11.7. The number of thiophene rings is 1. The Kier molecular flexibility index (Phi) is 5.08. The molecule has 0 spiro atoms. The fourth-order valence-corrected chi connectivity index (χ4v) is 3.52. The lowest BCUT2D eigenvalue weighted by molar-refractivity contribution is -0.115. The fourth-order valence-electron chi connectivity index (χ4n) is 2.26. The summed E-state index contributed by atoms with van der Waals surface area (Å²) >= 11 is 7.22. The largest absolute Gasteiger partial charge is 0.316 e. The molecule has 0 fully saturated rings. The van der Waals surface area contributed by atoms with Gasteiger partial charge in [0, 0.05) is 27.9 Å². The first kappa shape index (κ1) is 17.1. The molecule has 0 aliphatic heterocycles. The Morgan fingerprint density at radius 3 is 2.76 bits per heavy atom. The molecule has 0 aliphatic carbocycles. The van der Waals surface area contributed by atoms with Crippen LogP contribution in [0.25, 0.3) is 10.4 Å². The number of amides is 1. The van der Waals surface area contributed by atoms with Gasteiger partial charge in [-0.1, -0.05) is 17.7 Å². The van der Waals surface area contributed by atoms with Crippen molar-refractivity contribution in [2.24, 2.45) is 0 Å². The second kappa shape index (κ2) is 7.43. The van der Waals surface area contributed by atoms with Crippen molar-refractivity contribution < 1.29 is 9.18 Å². The highest BCUT2D eigenvalue weighted by molar-refractivity contribution is 7.19. The van der Waals surface area contributed by atoms with Gasteiger partial charge < -0.3 is 5.32 Å². The molecule has 0 aliphatic rings. The lowest BCUT2D eigenvalue weighted by Crippen LogP contribution is -2.15. The van der Waals surface area contributed by atoms with Crippen molar-refractivity contribution in [3.63, 3.8) is 0 Å². The smallest absolute Gasteiger partial charge is 0.229 e. The quantitative estimate of drug-likeness (QED) is 0.725. The Labute approximate surface area is 152 Å². The predicted molar refractivity (Wildman–Crippen MR) is 96.0 cm³/mol. The average molecular weight is 372 g/mol. The van der Waals surface area contributed by atoms with Crippen LogP contribution < -0.4 is 5.32 Å². The molecule has 2 aromatic heterocycles. The van der Waals surface area contributed by atoms with Gasteiger partial charge in [0.1, 0.15) is 16.9 Å². The number of anilines is 1. The first-order valence-corrected chi connectivity index (χ1v) is 8.45. The fraction of sp³-hybridized carbons (Fsp3) is 0.0556. The van der Waals surface area contributed by atoms with Gasteiger partial charge in [0.2, 0.25) is 5.91 Å². The third-order valence-electron chi connectivity index (χ3n) is 3.47. The molecule has 0 unspecified atom stereocenters. The molecule has 0 radical (unpaired) electrons. The normalized spacial score (nSPS) is 10.3. The van der Waals surface area contributed by atoms with Crippen molar-refractivity contribution in [3.05, 3.63) is 70.8 Å². The van der Waals surface area contributed by atoms with E-state index in [1.54, 1.807) is 18.5 Å². The summed E-state index contributed by atoms with van der Waals surface area (Å²) < 4.78 is 13.8. The van der Waals surface area contributed by atoms with E-state index in [1.165, 1.54) is 29.5 Å². The highest BCUT2D eigenvalue weighted by Gasteiger charge is 2.16. The number of nitrogens with one attached hydrogen (secondary N) is 1. The van der Waals surface area contributed by atoms with E-state index in [1.807, 2.05) is 12.1 Å². The van der Waals surface area contributed by atoms with Gasteiger partial charge in [0.15, 0.2) is 0 Å². The lowest BCUT2D eigenvalue weighted by atomic mass is 10.1. The maximum Gasteiger partial charge on any atom is 0.229 e. The van der Waals surface area contributed by atoms with Gasteiger partial charge in [-0.15, -0.1) is 11.3 Å². The Morgan fingerprint density at radius 1 is 1.32 bits per heavy atom. The van der Waals surface area contributed by atoms with Gasteiger partial charge in [0.25, 0.3) is 0 Å². The van der Waals surface area contributed by atoms with Gasteiger partial charge in [-0.3, -0.25) is 9.78 Å². The van der Waals surface area contributed by atoms with E-state index in [-0.39, 0.29) is 17.0 Å². The molecule has 7 heteroatoms. The number of aromatic nitrogens is 1. The Balaban J connectivity index is 1.82. The van der Waals surface area contributed by atoms with Crippen LogP contribution in [0.3, 0.4) is 0 Å². The van der Waals surface area contributed by atoms with Crippen molar-refractivity contribution in [1.29, 1.82) is 5.26 Å². The second-order valence-corrected chi connectivity index (χ2v) is 6.59. The number of benzene rings is 1. The Bertz CT molecular complexity index is 946. The monoisotopic (exact) mass is 371 g/mol. The van der Waals surface area contributed by atoms with Gasteiger partial charge in [-0.2, -0.15) is 5.26 Å². The Hall–Kier alpha value is -2.75. The molecule has 25 heavy (non-hydrogen) atoms. The Morgan fingerprint density at radius 2 is 2.08 bits per heavy atom. The SMILES string of the molecule is N#Cc1cc(-c2ccncc2)sc1NC(=O)Cc1c(F)cccc1Cl. The van der Waals surface area contributed by atoms with E-state index >= 15 is 0 Å². The average Bonchev–Trinajstić information content (AvgIpc) is 3.02. The molecule has 124 valence electrons. The maximum atomic E-state index is 13.8. The van der Waals surface area contributed by atoms with E-state index in [0.717, 1.165) is 10.4 Å². The van der Waals surface area contributed by atoms with E-state index in [9.17, 15) is 14.4 Å². The van der Waals surface area contributed by atoms with Crippen molar-refractivity contribution in [2.75, 3.05) is 5.32 Å². The molecule has 4 nitrogen and oxygen atoms in total. The zero-order chi connectivity index (χ0) is 17.8. The van der Waals surface area contributed by atoms with Crippen LogP contribution in [0.15, 0.2) is 48.8 Å². The molecule has 1 N–H and O–H groups in total. The minimum absolute atomic E-state index is 0.131. The number of pyridine rings is 1. The third kappa shape index (κ3) is 3.85. The first-order chi connectivity index (χ1) is 12.1.